The van der Waals surface area contributed by atoms with E-state index in [0.29, 0.717) is 22.8 Å². The Kier molecular flexibility index (Phi) is 4.53. The van der Waals surface area contributed by atoms with Crippen molar-refractivity contribution in [1.29, 1.82) is 0 Å². The van der Waals surface area contributed by atoms with E-state index in [0.717, 1.165) is 19.1 Å². The standard InChI is InChI=1S/C19H33N3OS/c1-18(2)15(14-7-11-23-16(14)18)21-17(20-3)22-10-12-24-19(13-22)8-5-4-6-9-19/h14-16H,4-13H2,1-3H3,(H,20,21). The summed E-state index contributed by atoms with van der Waals surface area (Å²) >= 11 is 2.23. The van der Waals surface area contributed by atoms with E-state index in [2.05, 4.69) is 40.8 Å². The van der Waals surface area contributed by atoms with Gasteiger partial charge in [0.2, 0.25) is 0 Å². The van der Waals surface area contributed by atoms with Gasteiger partial charge in [-0.25, -0.2) is 0 Å². The predicted molar refractivity (Wildman–Crippen MR) is 102 cm³/mol. The van der Waals surface area contributed by atoms with Crippen LogP contribution in [0.15, 0.2) is 4.99 Å². The number of nitrogens with one attached hydrogen (secondary N) is 1. The molecule has 0 radical (unpaired) electrons. The predicted octanol–water partition coefficient (Wildman–Crippen LogP) is 3.13. The van der Waals surface area contributed by atoms with E-state index in [-0.39, 0.29) is 5.41 Å². The van der Waals surface area contributed by atoms with Gasteiger partial charge in [0.25, 0.3) is 0 Å². The van der Waals surface area contributed by atoms with Gasteiger partial charge in [-0.2, -0.15) is 11.8 Å². The van der Waals surface area contributed by atoms with Crippen LogP contribution in [0.4, 0.5) is 0 Å². The molecule has 0 aromatic heterocycles. The van der Waals surface area contributed by atoms with Crippen molar-refractivity contribution in [2.45, 2.75) is 69.3 Å². The van der Waals surface area contributed by atoms with Gasteiger partial charge >= 0.3 is 0 Å². The first-order valence-corrected chi connectivity index (χ1v) is 10.8. The lowest BCUT2D eigenvalue weighted by Gasteiger charge is -2.56. The molecular formula is C19H33N3OS. The van der Waals surface area contributed by atoms with Crippen molar-refractivity contribution in [3.05, 3.63) is 0 Å². The van der Waals surface area contributed by atoms with Gasteiger partial charge in [0.05, 0.1) is 6.10 Å². The first-order chi connectivity index (χ1) is 11.6. The first-order valence-electron chi connectivity index (χ1n) is 9.80. The summed E-state index contributed by atoms with van der Waals surface area (Å²) in [5.41, 5.74) is 0.212. The maximum atomic E-state index is 5.95. The van der Waals surface area contributed by atoms with Gasteiger partial charge in [-0.3, -0.25) is 4.99 Å². The largest absolute Gasteiger partial charge is 0.377 e. The first kappa shape index (κ1) is 17.0. The van der Waals surface area contributed by atoms with Crippen molar-refractivity contribution in [3.8, 4) is 0 Å². The maximum Gasteiger partial charge on any atom is 0.193 e. The Morgan fingerprint density at radius 3 is 2.79 bits per heavy atom. The number of nitrogens with zero attached hydrogens (tertiary/aromatic N) is 2. The summed E-state index contributed by atoms with van der Waals surface area (Å²) in [6, 6.07) is 0.501. The lowest BCUT2D eigenvalue weighted by atomic mass is 9.57. The highest BCUT2D eigenvalue weighted by atomic mass is 32.2. The van der Waals surface area contributed by atoms with Crippen LogP contribution < -0.4 is 5.32 Å². The number of ether oxygens (including phenoxy) is 1. The van der Waals surface area contributed by atoms with Crippen LogP contribution in [0.25, 0.3) is 0 Å². The summed E-state index contributed by atoms with van der Waals surface area (Å²) in [7, 11) is 1.95. The third-order valence-electron chi connectivity index (χ3n) is 6.91. The molecule has 5 heteroatoms. The molecule has 2 heterocycles. The zero-order chi connectivity index (χ0) is 16.8. The third kappa shape index (κ3) is 2.76. The number of rotatable bonds is 1. The van der Waals surface area contributed by atoms with E-state index in [1.165, 1.54) is 50.8 Å². The average Bonchev–Trinajstić information content (AvgIpc) is 3.03. The third-order valence-corrected chi connectivity index (χ3v) is 8.45. The molecule has 2 saturated heterocycles. The van der Waals surface area contributed by atoms with Gasteiger partial charge in [-0.15, -0.1) is 0 Å². The molecule has 3 unspecified atom stereocenters. The maximum absolute atomic E-state index is 5.95. The van der Waals surface area contributed by atoms with Gasteiger partial charge in [-0.05, 0) is 19.3 Å². The van der Waals surface area contributed by atoms with Crippen LogP contribution in [-0.2, 0) is 4.74 Å². The van der Waals surface area contributed by atoms with Gasteiger partial charge in [-0.1, -0.05) is 33.1 Å². The molecule has 2 aliphatic heterocycles. The van der Waals surface area contributed by atoms with Crippen LogP contribution in [0, 0.1) is 11.3 Å². The lowest BCUT2D eigenvalue weighted by molar-refractivity contribution is -0.107. The Morgan fingerprint density at radius 2 is 2.04 bits per heavy atom. The Labute approximate surface area is 151 Å². The van der Waals surface area contributed by atoms with E-state index < -0.39 is 0 Å². The Balaban J connectivity index is 1.44. The number of thioether (sulfide) groups is 1. The topological polar surface area (TPSA) is 36.9 Å². The van der Waals surface area contributed by atoms with Crippen molar-refractivity contribution < 1.29 is 4.74 Å². The lowest BCUT2D eigenvalue weighted by Crippen LogP contribution is -2.68. The molecule has 0 amide bonds. The molecule has 0 bridgehead atoms. The van der Waals surface area contributed by atoms with Crippen molar-refractivity contribution in [3.63, 3.8) is 0 Å². The minimum atomic E-state index is 0.212. The molecule has 4 rings (SSSR count). The molecule has 2 saturated carbocycles. The molecule has 4 fully saturated rings. The molecule has 1 N–H and O–H groups in total. The molecule has 0 aromatic carbocycles. The highest BCUT2D eigenvalue weighted by Gasteiger charge is 2.59. The van der Waals surface area contributed by atoms with Gasteiger partial charge in [0.15, 0.2) is 5.96 Å². The van der Waals surface area contributed by atoms with Crippen LogP contribution in [0.5, 0.6) is 0 Å². The zero-order valence-electron chi connectivity index (χ0n) is 15.5. The number of aliphatic imine (C=N–C) groups is 1. The Bertz CT molecular complexity index is 495. The minimum Gasteiger partial charge on any atom is -0.377 e. The molecule has 0 aromatic rings. The van der Waals surface area contributed by atoms with E-state index in [1.54, 1.807) is 0 Å². The van der Waals surface area contributed by atoms with Crippen molar-refractivity contribution in [2.75, 3.05) is 32.5 Å². The van der Waals surface area contributed by atoms with Gasteiger partial charge < -0.3 is 15.0 Å². The van der Waals surface area contributed by atoms with Gasteiger partial charge in [0, 0.05) is 54.6 Å². The number of fused-ring (bicyclic) bond motifs is 1. The normalized spacial score (nSPS) is 37.9. The van der Waals surface area contributed by atoms with E-state index >= 15 is 0 Å². The average molecular weight is 352 g/mol. The summed E-state index contributed by atoms with van der Waals surface area (Å²) < 4.78 is 6.44. The molecule has 24 heavy (non-hydrogen) atoms. The molecule has 4 aliphatic rings. The van der Waals surface area contributed by atoms with E-state index in [4.69, 9.17) is 4.74 Å². The molecule has 136 valence electrons. The second-order valence-corrected chi connectivity index (χ2v) is 10.3. The van der Waals surface area contributed by atoms with Crippen molar-refractivity contribution in [1.82, 2.24) is 10.2 Å². The molecule has 1 spiro atoms. The van der Waals surface area contributed by atoms with Crippen LogP contribution in [0.1, 0.15) is 52.4 Å². The number of guanidine groups is 1. The fraction of sp³-hybridized carbons (Fsp3) is 0.947. The van der Waals surface area contributed by atoms with Crippen molar-refractivity contribution in [2.24, 2.45) is 16.3 Å². The second kappa shape index (κ2) is 6.39. The van der Waals surface area contributed by atoms with Crippen LogP contribution in [0.3, 0.4) is 0 Å². The number of hydrogen-bond donors (Lipinski definition) is 1. The van der Waals surface area contributed by atoms with Crippen LogP contribution >= 0.6 is 11.8 Å². The Hall–Kier alpha value is -0.420. The monoisotopic (exact) mass is 351 g/mol. The highest BCUT2D eigenvalue weighted by molar-refractivity contribution is 8.00. The summed E-state index contributed by atoms with van der Waals surface area (Å²) in [6.45, 7) is 7.93. The SMILES string of the molecule is CN=C(NC1C2CCOC2C1(C)C)N1CCSC2(CCCCC2)C1. The van der Waals surface area contributed by atoms with Crippen molar-refractivity contribution >= 4 is 17.7 Å². The molecule has 4 nitrogen and oxygen atoms in total. The molecular weight excluding hydrogens is 318 g/mol. The summed E-state index contributed by atoms with van der Waals surface area (Å²) in [5, 5.41) is 3.84. The smallest absolute Gasteiger partial charge is 0.193 e. The molecule has 2 aliphatic carbocycles. The zero-order valence-corrected chi connectivity index (χ0v) is 16.3. The van der Waals surface area contributed by atoms with Gasteiger partial charge in [0.1, 0.15) is 0 Å². The quantitative estimate of drug-likeness (QED) is 0.582. The fourth-order valence-corrected chi connectivity index (χ4v) is 7.15. The van der Waals surface area contributed by atoms with Crippen LogP contribution in [0.2, 0.25) is 0 Å². The Morgan fingerprint density at radius 1 is 1.25 bits per heavy atom. The van der Waals surface area contributed by atoms with Crippen LogP contribution in [-0.4, -0.2) is 60.2 Å². The number of hydrogen-bond acceptors (Lipinski definition) is 3. The molecule has 3 atom stereocenters. The fourth-order valence-electron chi connectivity index (χ4n) is 5.58. The summed E-state index contributed by atoms with van der Waals surface area (Å²) in [5.74, 6) is 3.03. The minimum absolute atomic E-state index is 0.212. The highest BCUT2D eigenvalue weighted by Crippen LogP contribution is 2.52. The summed E-state index contributed by atoms with van der Waals surface area (Å²) in [6.07, 6.45) is 8.65. The van der Waals surface area contributed by atoms with E-state index in [1.807, 2.05) is 7.05 Å². The summed E-state index contributed by atoms with van der Waals surface area (Å²) in [4.78, 5) is 7.22. The van der Waals surface area contributed by atoms with E-state index in [9.17, 15) is 0 Å². The second-order valence-electron chi connectivity index (χ2n) is 8.75.